The molecule has 1 rings (SSSR count). The molecule has 0 aliphatic heterocycles. The van der Waals surface area contributed by atoms with E-state index in [4.69, 9.17) is 4.43 Å². The van der Waals surface area contributed by atoms with Gasteiger partial charge in [0.1, 0.15) is 0 Å². The first-order chi connectivity index (χ1) is 10.2. The van der Waals surface area contributed by atoms with E-state index in [2.05, 4.69) is 9.17 Å². The van der Waals surface area contributed by atoms with Crippen molar-refractivity contribution in [2.45, 2.75) is 45.5 Å². The zero-order chi connectivity index (χ0) is 18.1. The molecule has 0 bridgehead atoms. The van der Waals surface area contributed by atoms with Crippen molar-refractivity contribution in [3.8, 4) is 5.75 Å². The zero-order valence-corrected chi connectivity index (χ0v) is 15.2. The number of halogens is 3. The average molecular weight is 370 g/mol. The number of pyridine rings is 1. The molecule has 1 aromatic heterocycles. The molecule has 1 heterocycles. The van der Waals surface area contributed by atoms with Gasteiger partial charge >= 0.3 is 15.6 Å². The minimum Gasteiger partial charge on any atom is -0.410 e. The predicted octanol–water partition coefficient (Wildman–Crippen LogP) is 3.66. The lowest BCUT2D eigenvalue weighted by Crippen LogP contribution is -2.28. The molecule has 131 valence electrons. The highest BCUT2D eigenvalue weighted by atomic mass is 32.2. The van der Waals surface area contributed by atoms with Gasteiger partial charge < -0.3 is 8.61 Å². The van der Waals surface area contributed by atoms with E-state index < -0.39 is 36.5 Å². The molecule has 1 unspecified atom stereocenters. The van der Waals surface area contributed by atoms with Gasteiger partial charge in [-0.25, -0.2) is 0 Å². The van der Waals surface area contributed by atoms with E-state index in [1.54, 1.807) is 0 Å². The van der Waals surface area contributed by atoms with Gasteiger partial charge in [-0.15, -0.1) is 0 Å². The molecule has 0 amide bonds. The van der Waals surface area contributed by atoms with Gasteiger partial charge in [-0.3, -0.25) is 4.98 Å². The van der Waals surface area contributed by atoms with Crippen LogP contribution in [0.1, 0.15) is 32.4 Å². The smallest absolute Gasteiger partial charge is 0.410 e. The van der Waals surface area contributed by atoms with E-state index in [9.17, 15) is 21.6 Å². The Kier molecular flexibility index (Phi) is 5.87. The van der Waals surface area contributed by atoms with Crippen LogP contribution in [-0.4, -0.2) is 28.0 Å². The van der Waals surface area contributed by atoms with E-state index in [-0.39, 0.29) is 5.41 Å². The van der Waals surface area contributed by atoms with Crippen LogP contribution in [0.15, 0.2) is 18.5 Å². The van der Waals surface area contributed by atoms with Crippen molar-refractivity contribution in [1.29, 1.82) is 0 Å². The highest BCUT2D eigenvalue weighted by Crippen LogP contribution is 2.37. The first-order valence-electron chi connectivity index (χ1n) is 6.66. The van der Waals surface area contributed by atoms with E-state index in [0.29, 0.717) is 5.56 Å². The number of rotatable bonds is 5. The van der Waals surface area contributed by atoms with Gasteiger partial charge in [-0.05, 0) is 24.6 Å². The van der Waals surface area contributed by atoms with Crippen LogP contribution < -0.4 is 4.18 Å². The zero-order valence-electron chi connectivity index (χ0n) is 13.4. The standard InChI is InChI=1S/C13H19F3NO4SSi/c1-12(2,3)11(21-23(4)5)9-6-10(8-17-7-9)20-22(18,19)13(14,15)16/h6-8,11H,1-5H3. The van der Waals surface area contributed by atoms with Gasteiger partial charge in [0.2, 0.25) is 9.04 Å². The Morgan fingerprint density at radius 3 is 2.17 bits per heavy atom. The van der Waals surface area contributed by atoms with Crippen molar-refractivity contribution in [3.05, 3.63) is 24.0 Å². The van der Waals surface area contributed by atoms with Crippen molar-refractivity contribution in [2.24, 2.45) is 5.41 Å². The SMILES string of the molecule is C[Si](C)OC(c1cncc(OS(=O)(=O)C(F)(F)F)c1)C(C)(C)C. The summed E-state index contributed by atoms with van der Waals surface area (Å²) in [6.07, 6.45) is 1.89. The fourth-order valence-electron chi connectivity index (χ4n) is 1.78. The van der Waals surface area contributed by atoms with Crippen LogP contribution in [0.4, 0.5) is 13.2 Å². The number of nitrogens with zero attached hydrogens (tertiary/aromatic N) is 1. The molecule has 1 radical (unpaired) electrons. The van der Waals surface area contributed by atoms with Crippen molar-refractivity contribution < 1.29 is 30.2 Å². The van der Waals surface area contributed by atoms with Crippen molar-refractivity contribution in [2.75, 3.05) is 0 Å². The van der Waals surface area contributed by atoms with Gasteiger partial charge in [0.05, 0.1) is 12.3 Å². The molecule has 0 aliphatic carbocycles. The second kappa shape index (κ2) is 6.77. The second-order valence-corrected chi connectivity index (χ2v) is 9.80. The fraction of sp³-hybridized carbons (Fsp3) is 0.615. The summed E-state index contributed by atoms with van der Waals surface area (Å²) in [5, 5.41) is 0. The summed E-state index contributed by atoms with van der Waals surface area (Å²) in [6, 6.07) is 1.21. The molecule has 1 aromatic rings. The first kappa shape index (κ1) is 19.9. The molecule has 0 fully saturated rings. The van der Waals surface area contributed by atoms with Crippen molar-refractivity contribution in [1.82, 2.24) is 4.98 Å². The lowest BCUT2D eigenvalue weighted by atomic mass is 9.85. The highest BCUT2D eigenvalue weighted by Gasteiger charge is 2.48. The van der Waals surface area contributed by atoms with Gasteiger partial charge in [0.15, 0.2) is 5.75 Å². The predicted molar refractivity (Wildman–Crippen MR) is 80.6 cm³/mol. The minimum absolute atomic E-state index is 0.356. The largest absolute Gasteiger partial charge is 0.534 e. The molecule has 0 aromatic carbocycles. The number of hydrogen-bond acceptors (Lipinski definition) is 5. The van der Waals surface area contributed by atoms with Gasteiger partial charge in [0.25, 0.3) is 0 Å². The second-order valence-electron chi connectivity index (χ2n) is 6.21. The number of aromatic nitrogens is 1. The third-order valence-electron chi connectivity index (χ3n) is 2.67. The van der Waals surface area contributed by atoms with Crippen LogP contribution in [0, 0.1) is 5.41 Å². The van der Waals surface area contributed by atoms with Crippen LogP contribution >= 0.6 is 0 Å². The van der Waals surface area contributed by atoms with E-state index in [1.807, 2.05) is 33.9 Å². The molecule has 5 nitrogen and oxygen atoms in total. The van der Waals surface area contributed by atoms with Gasteiger partial charge in [-0.1, -0.05) is 20.8 Å². The Bertz CT molecular complexity index is 641. The molecular formula is C13H19F3NO4SSi. The maximum atomic E-state index is 12.4. The summed E-state index contributed by atoms with van der Waals surface area (Å²) < 4.78 is 69.3. The first-order valence-corrected chi connectivity index (χ1v) is 10.5. The number of alkyl halides is 3. The van der Waals surface area contributed by atoms with Gasteiger partial charge in [-0.2, -0.15) is 21.6 Å². The topological polar surface area (TPSA) is 65.5 Å². The third-order valence-corrected chi connectivity index (χ3v) is 4.35. The Hall–Kier alpha value is -1.13. The molecule has 23 heavy (non-hydrogen) atoms. The average Bonchev–Trinajstić information content (AvgIpc) is 2.32. The summed E-state index contributed by atoms with van der Waals surface area (Å²) >= 11 is 0. The molecule has 0 saturated heterocycles. The molecule has 0 spiro atoms. The van der Waals surface area contributed by atoms with Crippen LogP contribution in [0.5, 0.6) is 5.75 Å². The summed E-state index contributed by atoms with van der Waals surface area (Å²) in [6.45, 7) is 9.56. The summed E-state index contributed by atoms with van der Waals surface area (Å²) in [5.41, 5.74) is -5.39. The quantitative estimate of drug-likeness (QED) is 0.449. The van der Waals surface area contributed by atoms with Crippen molar-refractivity contribution >= 4 is 19.2 Å². The van der Waals surface area contributed by atoms with Crippen molar-refractivity contribution in [3.63, 3.8) is 0 Å². The van der Waals surface area contributed by atoms with E-state index in [0.717, 1.165) is 6.20 Å². The fourth-order valence-corrected chi connectivity index (χ4v) is 3.18. The Morgan fingerprint density at radius 1 is 1.17 bits per heavy atom. The molecule has 0 saturated carbocycles. The summed E-state index contributed by atoms with van der Waals surface area (Å²) in [5.74, 6) is -0.501. The monoisotopic (exact) mass is 370 g/mol. The molecule has 0 aliphatic rings. The lowest BCUT2D eigenvalue weighted by Gasteiger charge is -2.32. The number of hydrogen-bond donors (Lipinski definition) is 0. The Morgan fingerprint density at radius 2 is 1.74 bits per heavy atom. The minimum atomic E-state index is -5.73. The van der Waals surface area contributed by atoms with E-state index >= 15 is 0 Å². The molecule has 10 heteroatoms. The maximum absolute atomic E-state index is 12.4. The van der Waals surface area contributed by atoms with Crippen LogP contribution in [0.2, 0.25) is 13.1 Å². The summed E-state index contributed by atoms with van der Waals surface area (Å²) in [4.78, 5) is 3.77. The Labute approximate surface area is 135 Å². The van der Waals surface area contributed by atoms with Crippen LogP contribution in [0.3, 0.4) is 0 Å². The highest BCUT2D eigenvalue weighted by molar-refractivity contribution is 7.87. The van der Waals surface area contributed by atoms with Crippen LogP contribution in [-0.2, 0) is 14.5 Å². The molecule has 1 atom stereocenters. The van der Waals surface area contributed by atoms with E-state index in [1.165, 1.54) is 12.3 Å². The third kappa shape index (κ3) is 5.46. The van der Waals surface area contributed by atoms with Gasteiger partial charge in [0, 0.05) is 11.8 Å². The summed E-state index contributed by atoms with van der Waals surface area (Å²) in [7, 11) is -6.83. The Balaban J connectivity index is 3.17. The lowest BCUT2D eigenvalue weighted by molar-refractivity contribution is -0.0500. The van der Waals surface area contributed by atoms with Crippen LogP contribution in [0.25, 0.3) is 0 Å². The normalized spacial score (nSPS) is 14.8. The maximum Gasteiger partial charge on any atom is 0.534 e. The molecular weight excluding hydrogens is 351 g/mol. The molecule has 0 N–H and O–H groups in total.